The lowest BCUT2D eigenvalue weighted by molar-refractivity contribution is 0.0735. The van der Waals surface area contributed by atoms with E-state index in [0.29, 0.717) is 11.7 Å². The summed E-state index contributed by atoms with van der Waals surface area (Å²) in [5, 5.41) is 0.0375. The topological polar surface area (TPSA) is 26.3 Å². The van der Waals surface area contributed by atoms with Crippen LogP contribution in [0.2, 0.25) is 5.02 Å². The van der Waals surface area contributed by atoms with Crippen LogP contribution < -0.4 is 4.74 Å². The van der Waals surface area contributed by atoms with E-state index in [-0.39, 0.29) is 10.6 Å². The molecule has 0 aliphatic rings. The van der Waals surface area contributed by atoms with Crippen molar-refractivity contribution < 1.29 is 13.9 Å². The molecule has 0 saturated heterocycles. The van der Waals surface area contributed by atoms with E-state index in [4.69, 9.17) is 16.3 Å². The SMILES string of the molecule is Cc1cc(OC(=O)c2ccc(F)cc2Cl)ccc1C(C)C. The van der Waals surface area contributed by atoms with Gasteiger partial charge in [-0.1, -0.05) is 31.5 Å². The first kappa shape index (κ1) is 15.5. The number of carbonyl (C=O) groups is 1. The number of carbonyl (C=O) groups excluding carboxylic acids is 1. The molecule has 4 heteroatoms. The standard InChI is InChI=1S/C17H16ClFO2/c1-10(2)14-7-5-13(8-11(14)3)21-17(20)15-6-4-12(19)9-16(15)18/h4-10H,1-3H3. The van der Waals surface area contributed by atoms with Gasteiger partial charge < -0.3 is 4.74 Å². The highest BCUT2D eigenvalue weighted by Gasteiger charge is 2.14. The van der Waals surface area contributed by atoms with Crippen molar-refractivity contribution in [3.05, 3.63) is 63.9 Å². The highest BCUT2D eigenvalue weighted by molar-refractivity contribution is 6.33. The van der Waals surface area contributed by atoms with Gasteiger partial charge in [-0.3, -0.25) is 0 Å². The lowest BCUT2D eigenvalue weighted by atomic mass is 9.98. The molecule has 0 amide bonds. The molecule has 0 spiro atoms. The molecule has 0 aliphatic heterocycles. The Labute approximate surface area is 128 Å². The Morgan fingerprint density at radius 2 is 1.90 bits per heavy atom. The minimum Gasteiger partial charge on any atom is -0.423 e. The van der Waals surface area contributed by atoms with Crippen LogP contribution in [0.3, 0.4) is 0 Å². The summed E-state index contributed by atoms with van der Waals surface area (Å²) < 4.78 is 18.3. The third kappa shape index (κ3) is 3.61. The summed E-state index contributed by atoms with van der Waals surface area (Å²) in [5.41, 5.74) is 2.40. The minimum atomic E-state index is -0.600. The van der Waals surface area contributed by atoms with Gasteiger partial charge in [0.2, 0.25) is 0 Å². The fraction of sp³-hybridized carbons (Fsp3) is 0.235. The first-order valence-corrected chi connectivity index (χ1v) is 7.04. The number of rotatable bonds is 3. The third-order valence-electron chi connectivity index (χ3n) is 3.22. The molecule has 0 aromatic heterocycles. The third-order valence-corrected chi connectivity index (χ3v) is 3.54. The predicted octanol–water partition coefficient (Wildman–Crippen LogP) is 5.13. The molecule has 0 N–H and O–H groups in total. The maximum Gasteiger partial charge on any atom is 0.345 e. The molecule has 2 nitrogen and oxygen atoms in total. The van der Waals surface area contributed by atoms with E-state index < -0.39 is 11.8 Å². The quantitative estimate of drug-likeness (QED) is 0.580. The van der Waals surface area contributed by atoms with Gasteiger partial charge in [0.05, 0.1) is 10.6 Å². The maximum absolute atomic E-state index is 13.0. The van der Waals surface area contributed by atoms with Crippen LogP contribution in [0.25, 0.3) is 0 Å². The lowest BCUT2D eigenvalue weighted by Crippen LogP contribution is -2.09. The molecule has 2 aromatic rings. The number of esters is 1. The van der Waals surface area contributed by atoms with Crippen LogP contribution >= 0.6 is 11.6 Å². The second kappa shape index (κ2) is 6.27. The van der Waals surface area contributed by atoms with Gasteiger partial charge in [-0.25, -0.2) is 9.18 Å². The summed E-state index contributed by atoms with van der Waals surface area (Å²) in [6, 6.07) is 9.08. The molecule has 21 heavy (non-hydrogen) atoms. The van der Waals surface area contributed by atoms with E-state index in [2.05, 4.69) is 13.8 Å². The van der Waals surface area contributed by atoms with Crippen molar-refractivity contribution in [2.45, 2.75) is 26.7 Å². The summed E-state index contributed by atoms with van der Waals surface area (Å²) in [6.45, 7) is 6.18. The molecule has 2 rings (SSSR count). The maximum atomic E-state index is 13.0. The number of halogens is 2. The van der Waals surface area contributed by atoms with Crippen molar-refractivity contribution in [2.24, 2.45) is 0 Å². The van der Waals surface area contributed by atoms with Crippen LogP contribution in [0.5, 0.6) is 5.75 Å². The van der Waals surface area contributed by atoms with Crippen LogP contribution in [-0.2, 0) is 0 Å². The largest absolute Gasteiger partial charge is 0.423 e. The van der Waals surface area contributed by atoms with Gasteiger partial charge in [-0.2, -0.15) is 0 Å². The van der Waals surface area contributed by atoms with Crippen molar-refractivity contribution in [3.63, 3.8) is 0 Å². The average molecular weight is 307 g/mol. The number of hydrogen-bond acceptors (Lipinski definition) is 2. The van der Waals surface area contributed by atoms with E-state index in [1.165, 1.54) is 17.7 Å². The molecule has 0 bridgehead atoms. The van der Waals surface area contributed by atoms with Gasteiger partial charge in [-0.05, 0) is 54.3 Å². The van der Waals surface area contributed by atoms with Crippen molar-refractivity contribution >= 4 is 17.6 Å². The zero-order valence-electron chi connectivity index (χ0n) is 12.1. The summed E-state index contributed by atoms with van der Waals surface area (Å²) in [6.07, 6.45) is 0. The van der Waals surface area contributed by atoms with E-state index in [1.807, 2.05) is 19.1 Å². The summed E-state index contributed by atoms with van der Waals surface area (Å²) >= 11 is 5.85. The van der Waals surface area contributed by atoms with Gasteiger partial charge in [0.25, 0.3) is 0 Å². The Balaban J connectivity index is 2.22. The van der Waals surface area contributed by atoms with E-state index >= 15 is 0 Å². The molecule has 0 radical (unpaired) electrons. The Hall–Kier alpha value is -1.87. The summed E-state index contributed by atoms with van der Waals surface area (Å²) in [5.74, 6) is -0.242. The normalized spacial score (nSPS) is 10.8. The molecule has 110 valence electrons. The van der Waals surface area contributed by atoms with Gasteiger partial charge >= 0.3 is 5.97 Å². The summed E-state index contributed by atoms with van der Waals surface area (Å²) in [7, 11) is 0. The second-order valence-electron chi connectivity index (χ2n) is 5.19. The fourth-order valence-corrected chi connectivity index (χ4v) is 2.42. The predicted molar refractivity (Wildman–Crippen MR) is 81.6 cm³/mol. The first-order valence-electron chi connectivity index (χ1n) is 6.66. The zero-order chi connectivity index (χ0) is 15.6. The highest BCUT2D eigenvalue weighted by Crippen LogP contribution is 2.25. The van der Waals surface area contributed by atoms with Gasteiger partial charge in [0.1, 0.15) is 11.6 Å². The molecule has 2 aromatic carbocycles. The number of hydrogen-bond donors (Lipinski definition) is 0. The average Bonchev–Trinajstić information content (AvgIpc) is 2.37. The lowest BCUT2D eigenvalue weighted by Gasteiger charge is -2.12. The smallest absolute Gasteiger partial charge is 0.345 e. The highest BCUT2D eigenvalue weighted by atomic mass is 35.5. The Morgan fingerprint density at radius 1 is 1.19 bits per heavy atom. The van der Waals surface area contributed by atoms with E-state index in [0.717, 1.165) is 11.6 Å². The number of benzene rings is 2. The van der Waals surface area contributed by atoms with E-state index in [1.54, 1.807) is 6.07 Å². The number of ether oxygens (including phenoxy) is 1. The molecule has 0 unspecified atom stereocenters. The molecule has 0 atom stereocenters. The van der Waals surface area contributed by atoms with Crippen molar-refractivity contribution in [1.82, 2.24) is 0 Å². The minimum absolute atomic E-state index is 0.0375. The molecular formula is C17H16ClFO2. The van der Waals surface area contributed by atoms with Crippen LogP contribution in [0, 0.1) is 12.7 Å². The van der Waals surface area contributed by atoms with Crippen molar-refractivity contribution in [2.75, 3.05) is 0 Å². The Bertz CT molecular complexity index is 680. The molecular weight excluding hydrogens is 291 g/mol. The zero-order valence-corrected chi connectivity index (χ0v) is 12.9. The summed E-state index contributed by atoms with van der Waals surface area (Å²) in [4.78, 5) is 12.0. The monoisotopic (exact) mass is 306 g/mol. The van der Waals surface area contributed by atoms with E-state index in [9.17, 15) is 9.18 Å². The molecule has 0 aliphatic carbocycles. The Kier molecular flexibility index (Phi) is 4.63. The second-order valence-corrected chi connectivity index (χ2v) is 5.59. The van der Waals surface area contributed by atoms with Crippen LogP contribution in [0.15, 0.2) is 36.4 Å². The van der Waals surface area contributed by atoms with Gasteiger partial charge in [-0.15, -0.1) is 0 Å². The van der Waals surface area contributed by atoms with Crippen molar-refractivity contribution in [3.8, 4) is 5.75 Å². The Morgan fingerprint density at radius 3 is 2.48 bits per heavy atom. The molecule has 0 saturated carbocycles. The number of aryl methyl sites for hydroxylation is 1. The van der Waals surface area contributed by atoms with Crippen LogP contribution in [0.4, 0.5) is 4.39 Å². The van der Waals surface area contributed by atoms with Crippen molar-refractivity contribution in [1.29, 1.82) is 0 Å². The first-order chi connectivity index (χ1) is 9.88. The van der Waals surface area contributed by atoms with Crippen LogP contribution in [-0.4, -0.2) is 5.97 Å². The molecule has 0 fully saturated rings. The van der Waals surface area contributed by atoms with Crippen LogP contribution in [0.1, 0.15) is 41.3 Å². The van der Waals surface area contributed by atoms with Gasteiger partial charge in [0.15, 0.2) is 0 Å². The fourth-order valence-electron chi connectivity index (χ4n) is 2.18. The van der Waals surface area contributed by atoms with Gasteiger partial charge in [0, 0.05) is 0 Å². The molecule has 0 heterocycles.